The first-order valence-corrected chi connectivity index (χ1v) is 16.5. The molecule has 0 saturated carbocycles. The fraction of sp³-hybridized carbons (Fsp3) is 0.542. The van der Waals surface area contributed by atoms with E-state index in [1.807, 2.05) is 0 Å². The average molecular weight is 542 g/mol. The van der Waals surface area contributed by atoms with Crippen LogP contribution in [0.15, 0.2) is 36.4 Å². The summed E-state index contributed by atoms with van der Waals surface area (Å²) in [5, 5.41) is 0. The topological polar surface area (TPSA) is 12.9 Å². The molecule has 5 heteroatoms. The fourth-order valence-corrected chi connectivity index (χ4v) is 6.18. The van der Waals surface area contributed by atoms with E-state index in [2.05, 4.69) is 91.8 Å². The molecule has 0 spiro atoms. The van der Waals surface area contributed by atoms with Crippen molar-refractivity contribution < 1.29 is 15.1 Å². The molecule has 0 saturated heterocycles. The fourth-order valence-electron chi connectivity index (χ4n) is 3.70. The molecule has 0 unspecified atom stereocenters. The van der Waals surface area contributed by atoms with Crippen molar-refractivity contribution in [1.29, 1.82) is 0 Å². The van der Waals surface area contributed by atoms with E-state index in [0.29, 0.717) is 11.8 Å². The van der Waals surface area contributed by atoms with Crippen LogP contribution in [0.1, 0.15) is 84.0 Å². The third kappa shape index (κ3) is 8.22. The zero-order chi connectivity index (χ0) is 22.1. The zero-order valence-electron chi connectivity index (χ0n) is 19.0. The molecule has 1 heterocycles. The van der Waals surface area contributed by atoms with Crippen molar-refractivity contribution in [2.75, 3.05) is 0 Å². The van der Waals surface area contributed by atoms with Gasteiger partial charge in [-0.2, -0.15) is 0 Å². The monoisotopic (exact) mass is 541 g/mol. The van der Waals surface area contributed by atoms with E-state index in [0.717, 1.165) is 23.2 Å². The third-order valence-electron chi connectivity index (χ3n) is 5.11. The molecule has 29 heavy (non-hydrogen) atoms. The second-order valence-corrected chi connectivity index (χ2v) is 14.6. The standard InChI is InChI=1S/C24H36NP.2ClH.Ru/c1-16(2)21-12-10-13-22(17(3)4)24(21)23-14-9-11-20(25-23)15-26(18(5)6)19(7)8;;;/h9-14,16-19H,15H2,1-8H3;2*1H;/q;;;+2/p-2. The first-order valence-electron chi connectivity index (χ1n) is 10.3. The SMILES string of the molecule is CC(C)c1cccc(C(C)C)c1-c1cccc(CP(C(C)C)C(C)C)n1.[Cl][Ru][Cl]. The normalized spacial score (nSPS) is 11.7. The Morgan fingerprint density at radius 2 is 1.24 bits per heavy atom. The van der Waals surface area contributed by atoms with Gasteiger partial charge >= 0.3 is 34.5 Å². The van der Waals surface area contributed by atoms with E-state index in [1.54, 1.807) is 0 Å². The maximum atomic E-state index is 5.15. The van der Waals surface area contributed by atoms with Crippen LogP contribution in [0, 0.1) is 0 Å². The van der Waals surface area contributed by atoms with Gasteiger partial charge < -0.3 is 0 Å². The van der Waals surface area contributed by atoms with Crippen molar-refractivity contribution in [2.24, 2.45) is 0 Å². The van der Waals surface area contributed by atoms with Crippen molar-refractivity contribution >= 4 is 27.3 Å². The van der Waals surface area contributed by atoms with Gasteiger partial charge in [0.05, 0.1) is 5.69 Å². The Morgan fingerprint density at radius 1 is 0.793 bits per heavy atom. The molecule has 1 aromatic heterocycles. The van der Waals surface area contributed by atoms with Crippen LogP contribution in [-0.4, -0.2) is 16.3 Å². The van der Waals surface area contributed by atoms with Gasteiger partial charge in [-0.3, -0.25) is 4.98 Å². The van der Waals surface area contributed by atoms with Gasteiger partial charge in [0.25, 0.3) is 0 Å². The molecule has 0 atom stereocenters. The second-order valence-electron chi connectivity index (χ2n) is 8.55. The molecule has 0 aliphatic carbocycles. The molecule has 0 amide bonds. The molecule has 2 rings (SSSR count). The molecule has 0 bridgehead atoms. The second kappa shape index (κ2) is 13.4. The van der Waals surface area contributed by atoms with Gasteiger partial charge in [0.1, 0.15) is 0 Å². The third-order valence-corrected chi connectivity index (χ3v) is 8.45. The van der Waals surface area contributed by atoms with E-state index in [-0.39, 0.29) is 23.1 Å². The van der Waals surface area contributed by atoms with E-state index in [1.165, 1.54) is 22.4 Å². The minimum absolute atomic E-state index is 0.0389. The van der Waals surface area contributed by atoms with Gasteiger partial charge in [-0.25, -0.2) is 0 Å². The van der Waals surface area contributed by atoms with E-state index < -0.39 is 0 Å². The molecular weight excluding hydrogens is 505 g/mol. The number of hydrogen-bond donors (Lipinski definition) is 0. The quantitative estimate of drug-likeness (QED) is 0.252. The van der Waals surface area contributed by atoms with Crippen molar-refractivity contribution in [2.45, 2.75) is 84.7 Å². The number of aromatic nitrogens is 1. The van der Waals surface area contributed by atoms with Gasteiger partial charge in [-0.05, 0) is 46.4 Å². The number of nitrogens with zero attached hydrogens (tertiary/aromatic N) is 1. The zero-order valence-corrected chi connectivity index (χ0v) is 23.1. The number of hydrogen-bond acceptors (Lipinski definition) is 1. The molecule has 0 aliphatic heterocycles. The molecule has 0 aliphatic rings. The first-order chi connectivity index (χ1) is 13.6. The summed E-state index contributed by atoms with van der Waals surface area (Å²) in [4.78, 5) is 5.15. The van der Waals surface area contributed by atoms with Crippen LogP contribution in [-0.2, 0) is 21.3 Å². The molecule has 2 aromatic rings. The predicted molar refractivity (Wildman–Crippen MR) is 130 cm³/mol. The molecule has 1 nitrogen and oxygen atoms in total. The van der Waals surface area contributed by atoms with E-state index in [9.17, 15) is 0 Å². The molecule has 164 valence electrons. The van der Waals surface area contributed by atoms with Crippen molar-refractivity contribution in [3.05, 3.63) is 53.2 Å². The van der Waals surface area contributed by atoms with Gasteiger partial charge in [0.2, 0.25) is 0 Å². The van der Waals surface area contributed by atoms with Crippen molar-refractivity contribution in [1.82, 2.24) is 4.98 Å². The summed E-state index contributed by atoms with van der Waals surface area (Å²) in [5.74, 6) is 0.996. The first kappa shape index (κ1) is 27.0. The van der Waals surface area contributed by atoms with Crippen LogP contribution >= 0.6 is 27.3 Å². The van der Waals surface area contributed by atoms with Crippen molar-refractivity contribution in [3.63, 3.8) is 0 Å². The Labute approximate surface area is 195 Å². The summed E-state index contributed by atoms with van der Waals surface area (Å²) in [6.45, 7) is 18.6. The molecule has 0 N–H and O–H groups in total. The van der Waals surface area contributed by atoms with Gasteiger partial charge in [-0.15, -0.1) is 0 Å². The molecular formula is C24H36Cl2NPRu. The van der Waals surface area contributed by atoms with Crippen LogP contribution < -0.4 is 0 Å². The van der Waals surface area contributed by atoms with Gasteiger partial charge in [0.15, 0.2) is 0 Å². The summed E-state index contributed by atoms with van der Waals surface area (Å²) in [6.07, 6.45) is 1.12. The number of rotatable bonds is 7. The Hall–Kier alpha value is 0.00338. The van der Waals surface area contributed by atoms with Crippen LogP contribution in [0.25, 0.3) is 11.3 Å². The molecule has 0 radical (unpaired) electrons. The van der Waals surface area contributed by atoms with Crippen LogP contribution in [0.3, 0.4) is 0 Å². The van der Waals surface area contributed by atoms with Gasteiger partial charge in [0, 0.05) is 17.4 Å². The van der Waals surface area contributed by atoms with Crippen molar-refractivity contribution in [3.8, 4) is 11.3 Å². The number of benzene rings is 1. The Kier molecular flexibility index (Phi) is 12.5. The Balaban J connectivity index is 0.00000132. The predicted octanol–water partition coefficient (Wildman–Crippen LogP) is 9.17. The van der Waals surface area contributed by atoms with E-state index >= 15 is 0 Å². The van der Waals surface area contributed by atoms with Crippen LogP contribution in [0.4, 0.5) is 0 Å². The Morgan fingerprint density at radius 3 is 1.66 bits per heavy atom. The minimum atomic E-state index is -0.346. The summed E-state index contributed by atoms with van der Waals surface area (Å²) >= 11 is -0.346. The summed E-state index contributed by atoms with van der Waals surface area (Å²) in [5.41, 5.74) is 8.07. The van der Waals surface area contributed by atoms with Crippen LogP contribution in [0.5, 0.6) is 0 Å². The van der Waals surface area contributed by atoms with E-state index in [4.69, 9.17) is 24.4 Å². The summed E-state index contributed by atoms with van der Waals surface area (Å²) < 4.78 is 0. The molecule has 0 fully saturated rings. The summed E-state index contributed by atoms with van der Waals surface area (Å²) in [6, 6.07) is 13.4. The maximum absolute atomic E-state index is 5.15. The average Bonchev–Trinajstić information content (AvgIpc) is 2.65. The Bertz CT molecular complexity index is 713. The number of pyridine rings is 1. The number of halogens is 2. The van der Waals surface area contributed by atoms with Crippen LogP contribution in [0.2, 0.25) is 0 Å². The van der Waals surface area contributed by atoms with Gasteiger partial charge in [-0.1, -0.05) is 87.6 Å². The molecule has 1 aromatic carbocycles. The summed E-state index contributed by atoms with van der Waals surface area (Å²) in [7, 11) is 9.67.